The number of aryl methyl sites for hydroxylation is 1. The second-order valence-corrected chi connectivity index (χ2v) is 4.19. The van der Waals surface area contributed by atoms with Crippen LogP contribution >= 0.6 is 0 Å². The van der Waals surface area contributed by atoms with Crippen LogP contribution in [0.3, 0.4) is 0 Å². The van der Waals surface area contributed by atoms with Crippen LogP contribution in [0.1, 0.15) is 17.9 Å². The van der Waals surface area contributed by atoms with Crippen molar-refractivity contribution in [3.8, 4) is 0 Å². The molecule has 0 radical (unpaired) electrons. The normalized spacial score (nSPS) is 24.2. The van der Waals surface area contributed by atoms with E-state index in [2.05, 4.69) is 4.98 Å². The summed E-state index contributed by atoms with van der Waals surface area (Å²) >= 11 is 0. The molecular formula is C9H14N4O3. The minimum absolute atomic E-state index is 0.106. The Kier molecular flexibility index (Phi) is 2.43. The monoisotopic (exact) mass is 226 g/mol. The largest absolute Gasteiger partial charge is 0.388 e. The average Bonchev–Trinajstić information content (AvgIpc) is 2.55. The van der Waals surface area contributed by atoms with Gasteiger partial charge >= 0.3 is 5.82 Å². The lowest BCUT2D eigenvalue weighted by Gasteiger charge is -2.31. The summed E-state index contributed by atoms with van der Waals surface area (Å²) in [6.45, 7) is 2.35. The Labute approximate surface area is 92.0 Å². The third kappa shape index (κ3) is 1.57. The highest BCUT2D eigenvalue weighted by Crippen LogP contribution is 2.30. The highest BCUT2D eigenvalue weighted by atomic mass is 16.6. The van der Waals surface area contributed by atoms with Crippen molar-refractivity contribution in [2.45, 2.75) is 31.9 Å². The first-order valence-electron chi connectivity index (χ1n) is 5.10. The standard InChI is InChI=1S/C9H14N4O3/c1-6-11-8(13(15)16)7-4-9(14,5-10)2-3-12(6)7/h14H,2-5,10H2,1H3. The molecule has 0 amide bonds. The lowest BCUT2D eigenvalue weighted by molar-refractivity contribution is -0.390. The number of nitrogens with two attached hydrogens (primary N) is 1. The van der Waals surface area contributed by atoms with Crippen molar-refractivity contribution >= 4 is 5.82 Å². The molecule has 0 aliphatic carbocycles. The molecule has 0 aromatic carbocycles. The van der Waals surface area contributed by atoms with Crippen molar-refractivity contribution in [2.75, 3.05) is 6.54 Å². The van der Waals surface area contributed by atoms with Crippen molar-refractivity contribution in [2.24, 2.45) is 5.73 Å². The predicted octanol–water partition coefficient (Wildman–Crippen LogP) is -0.264. The number of aromatic nitrogens is 2. The summed E-state index contributed by atoms with van der Waals surface area (Å²) in [5, 5.41) is 20.9. The van der Waals surface area contributed by atoms with Gasteiger partial charge in [0.2, 0.25) is 5.82 Å². The number of nitro groups is 1. The fourth-order valence-corrected chi connectivity index (χ4v) is 2.11. The maximum absolute atomic E-state index is 10.8. The van der Waals surface area contributed by atoms with Gasteiger partial charge in [0, 0.05) is 26.4 Å². The molecule has 0 bridgehead atoms. The van der Waals surface area contributed by atoms with E-state index in [4.69, 9.17) is 5.73 Å². The smallest absolute Gasteiger partial charge is 0.385 e. The quantitative estimate of drug-likeness (QED) is 0.533. The Morgan fingerprint density at radius 3 is 3.00 bits per heavy atom. The first-order chi connectivity index (χ1) is 7.47. The first kappa shape index (κ1) is 11.0. The molecule has 1 aromatic heterocycles. The summed E-state index contributed by atoms with van der Waals surface area (Å²) in [6.07, 6.45) is 0.700. The average molecular weight is 226 g/mol. The van der Waals surface area contributed by atoms with Crippen LogP contribution in [0.5, 0.6) is 0 Å². The Morgan fingerprint density at radius 2 is 2.44 bits per heavy atom. The molecule has 0 saturated carbocycles. The first-order valence-corrected chi connectivity index (χ1v) is 5.10. The summed E-state index contributed by atoms with van der Waals surface area (Å²) in [5.74, 6) is 0.449. The molecule has 1 atom stereocenters. The van der Waals surface area contributed by atoms with Crippen molar-refractivity contribution < 1.29 is 10.0 Å². The lowest BCUT2D eigenvalue weighted by Crippen LogP contribution is -2.44. The number of hydrogen-bond donors (Lipinski definition) is 2. The number of fused-ring (bicyclic) bond motifs is 1. The molecule has 0 spiro atoms. The summed E-state index contributed by atoms with van der Waals surface area (Å²) in [4.78, 5) is 14.2. The van der Waals surface area contributed by atoms with E-state index in [0.29, 0.717) is 24.5 Å². The van der Waals surface area contributed by atoms with Gasteiger partial charge in [-0.15, -0.1) is 0 Å². The molecule has 7 heteroatoms. The number of aliphatic hydroxyl groups is 1. The Bertz CT molecular complexity index is 442. The van der Waals surface area contributed by atoms with Gasteiger partial charge < -0.3 is 25.5 Å². The lowest BCUT2D eigenvalue weighted by atomic mass is 9.91. The molecule has 0 saturated heterocycles. The highest BCUT2D eigenvalue weighted by molar-refractivity contribution is 5.32. The van der Waals surface area contributed by atoms with Crippen molar-refractivity contribution in [3.63, 3.8) is 0 Å². The fourth-order valence-electron chi connectivity index (χ4n) is 2.11. The molecule has 3 N–H and O–H groups in total. The van der Waals surface area contributed by atoms with Crippen LogP contribution in [0.2, 0.25) is 0 Å². The predicted molar refractivity (Wildman–Crippen MR) is 55.9 cm³/mol. The molecule has 1 aliphatic rings. The molecule has 0 fully saturated rings. The molecule has 1 aromatic rings. The fraction of sp³-hybridized carbons (Fsp3) is 0.667. The van der Waals surface area contributed by atoms with E-state index in [1.54, 1.807) is 11.5 Å². The maximum Gasteiger partial charge on any atom is 0.385 e. The van der Waals surface area contributed by atoms with Gasteiger partial charge in [-0.2, -0.15) is 0 Å². The minimum atomic E-state index is -1.03. The second kappa shape index (κ2) is 3.53. The van der Waals surface area contributed by atoms with E-state index in [-0.39, 0.29) is 18.8 Å². The van der Waals surface area contributed by atoms with Gasteiger partial charge in [0.25, 0.3) is 0 Å². The Morgan fingerprint density at radius 1 is 1.75 bits per heavy atom. The Hall–Kier alpha value is -1.47. The number of imidazole rings is 1. The van der Waals surface area contributed by atoms with Crippen LogP contribution in [-0.2, 0) is 13.0 Å². The van der Waals surface area contributed by atoms with Crippen LogP contribution < -0.4 is 5.73 Å². The molecule has 2 heterocycles. The van der Waals surface area contributed by atoms with Crippen molar-refractivity contribution in [3.05, 3.63) is 21.6 Å². The highest BCUT2D eigenvalue weighted by Gasteiger charge is 2.38. The SMILES string of the molecule is Cc1nc([N+](=O)[O-])c2n1CCC(O)(CN)C2. The van der Waals surface area contributed by atoms with Crippen LogP contribution in [-0.4, -0.2) is 31.7 Å². The van der Waals surface area contributed by atoms with E-state index in [9.17, 15) is 15.2 Å². The third-order valence-corrected chi connectivity index (χ3v) is 3.09. The van der Waals surface area contributed by atoms with Crippen LogP contribution in [0.4, 0.5) is 5.82 Å². The number of rotatable bonds is 2. The number of nitrogens with zero attached hydrogens (tertiary/aromatic N) is 3. The van der Waals surface area contributed by atoms with Crippen molar-refractivity contribution in [1.29, 1.82) is 0 Å². The molecule has 7 nitrogen and oxygen atoms in total. The zero-order valence-corrected chi connectivity index (χ0v) is 9.01. The molecule has 1 aliphatic heterocycles. The van der Waals surface area contributed by atoms with Gasteiger partial charge in [-0.1, -0.05) is 0 Å². The van der Waals surface area contributed by atoms with Gasteiger partial charge in [0.15, 0.2) is 0 Å². The topological polar surface area (TPSA) is 107 Å². The van der Waals surface area contributed by atoms with E-state index in [1.807, 2.05) is 0 Å². The van der Waals surface area contributed by atoms with E-state index in [0.717, 1.165) is 0 Å². The zero-order chi connectivity index (χ0) is 11.9. The summed E-state index contributed by atoms with van der Waals surface area (Å²) in [6, 6.07) is 0. The van der Waals surface area contributed by atoms with Gasteiger partial charge in [0.1, 0.15) is 5.69 Å². The van der Waals surface area contributed by atoms with Crippen LogP contribution in [0.25, 0.3) is 0 Å². The molecule has 1 unspecified atom stereocenters. The van der Waals surface area contributed by atoms with E-state index in [1.165, 1.54) is 0 Å². The molecule has 2 rings (SSSR count). The zero-order valence-electron chi connectivity index (χ0n) is 9.01. The van der Waals surface area contributed by atoms with Crippen molar-refractivity contribution in [1.82, 2.24) is 9.55 Å². The number of hydrogen-bond acceptors (Lipinski definition) is 5. The van der Waals surface area contributed by atoms with Gasteiger partial charge in [-0.3, -0.25) is 0 Å². The second-order valence-electron chi connectivity index (χ2n) is 4.19. The van der Waals surface area contributed by atoms with E-state index >= 15 is 0 Å². The molecular weight excluding hydrogens is 212 g/mol. The van der Waals surface area contributed by atoms with Gasteiger partial charge in [0.05, 0.1) is 5.60 Å². The third-order valence-electron chi connectivity index (χ3n) is 3.09. The van der Waals surface area contributed by atoms with Gasteiger partial charge in [-0.05, 0) is 16.3 Å². The summed E-state index contributed by atoms with van der Waals surface area (Å²) < 4.78 is 1.78. The summed E-state index contributed by atoms with van der Waals surface area (Å²) in [7, 11) is 0. The Balaban J connectivity index is 2.46. The van der Waals surface area contributed by atoms with Crippen LogP contribution in [0, 0.1) is 17.0 Å². The minimum Gasteiger partial charge on any atom is -0.388 e. The molecule has 88 valence electrons. The van der Waals surface area contributed by atoms with Gasteiger partial charge in [-0.25, -0.2) is 0 Å². The summed E-state index contributed by atoms with van der Waals surface area (Å²) in [5.41, 5.74) is 4.92. The maximum atomic E-state index is 10.8. The van der Waals surface area contributed by atoms with Crippen LogP contribution in [0.15, 0.2) is 0 Å². The molecule has 16 heavy (non-hydrogen) atoms. The van der Waals surface area contributed by atoms with E-state index < -0.39 is 10.5 Å².